The van der Waals surface area contributed by atoms with Crippen molar-refractivity contribution in [2.75, 3.05) is 6.61 Å². The Morgan fingerprint density at radius 2 is 1.70 bits per heavy atom. The number of hydrogen-bond acceptors (Lipinski definition) is 7. The number of ether oxygens (including phenoxy) is 1. The summed E-state index contributed by atoms with van der Waals surface area (Å²) in [6, 6.07) is 9.79. The van der Waals surface area contributed by atoms with Crippen LogP contribution in [-0.4, -0.2) is 77.3 Å². The fourth-order valence-electron chi connectivity index (χ4n) is 1.55. The fraction of sp³-hybridized carbons (Fsp3) is 0.500. The first-order valence-electron chi connectivity index (χ1n) is 5.79. The first-order chi connectivity index (χ1) is 9.29. The van der Waals surface area contributed by atoms with Crippen molar-refractivity contribution < 1.29 is 30.3 Å². The van der Waals surface area contributed by atoms with Gasteiger partial charge in [0.1, 0.15) is 0 Å². The third kappa shape index (κ3) is 4.70. The molecule has 0 saturated carbocycles. The topological polar surface area (TPSA) is 110 Å². The Hall–Kier alpha value is -0.151. The molecule has 20 heavy (non-hydrogen) atoms. The Kier molecular flexibility index (Phi) is 6.93. The van der Waals surface area contributed by atoms with Crippen molar-refractivity contribution in [1.29, 1.82) is 0 Å². The van der Waals surface area contributed by atoms with Crippen LogP contribution in [0.5, 0.6) is 0 Å². The maximum absolute atomic E-state index is 9.32. The van der Waals surface area contributed by atoms with Crippen LogP contribution >= 0.6 is 12.6 Å². The number of aliphatic hydroxyl groups excluding tert-OH is 4. The molecule has 0 amide bonds. The molecule has 0 spiro atoms. The average Bonchev–Trinajstić information content (AvgIpc) is 2.42. The zero-order valence-electron chi connectivity index (χ0n) is 10.4. The summed E-state index contributed by atoms with van der Waals surface area (Å²) in [5.74, 6) is 0. The largest absolute Gasteiger partial charge is 0.143 e. The Labute approximate surface area is 130 Å². The van der Waals surface area contributed by atoms with Crippen LogP contribution in [-0.2, 0) is 4.74 Å². The van der Waals surface area contributed by atoms with Gasteiger partial charge in [0.25, 0.3) is 0 Å². The van der Waals surface area contributed by atoms with E-state index in [0.29, 0.717) is 0 Å². The summed E-state index contributed by atoms with van der Waals surface area (Å²) in [6.07, 6.45) is -5.75. The maximum atomic E-state index is 9.32. The van der Waals surface area contributed by atoms with Gasteiger partial charge in [0.15, 0.2) is 0 Å². The second-order valence-corrected chi connectivity index (χ2v) is 5.97. The van der Waals surface area contributed by atoms with Crippen LogP contribution in [0, 0.1) is 0 Å². The molecule has 1 radical (unpaired) electrons. The molecule has 0 aromatic heterocycles. The van der Waals surface area contributed by atoms with E-state index in [-0.39, 0.29) is 0 Å². The van der Waals surface area contributed by atoms with Gasteiger partial charge in [-0.25, -0.2) is 0 Å². The zero-order valence-corrected chi connectivity index (χ0v) is 13.0. The van der Waals surface area contributed by atoms with E-state index in [1.807, 2.05) is 30.3 Å². The van der Waals surface area contributed by atoms with Gasteiger partial charge in [-0.2, -0.15) is 0 Å². The molecule has 1 heterocycles. The van der Waals surface area contributed by atoms with Gasteiger partial charge in [-0.05, 0) is 12.1 Å². The van der Waals surface area contributed by atoms with Crippen molar-refractivity contribution in [1.82, 2.24) is 0 Å². The third-order valence-electron chi connectivity index (χ3n) is 2.68. The van der Waals surface area contributed by atoms with Crippen LogP contribution in [0.1, 0.15) is 0 Å². The van der Waals surface area contributed by atoms with Crippen molar-refractivity contribution in [2.24, 2.45) is 0 Å². The number of thiol groups is 1. The van der Waals surface area contributed by atoms with Crippen molar-refractivity contribution in [3.8, 4) is 0 Å². The molecule has 2 rings (SSSR count). The zero-order chi connectivity index (χ0) is 15.3. The Morgan fingerprint density at radius 3 is 2.10 bits per heavy atom. The Bertz CT molecular complexity index is 402. The first-order valence-corrected chi connectivity index (χ1v) is 7.09. The van der Waals surface area contributed by atoms with E-state index in [1.54, 1.807) is 0 Å². The summed E-state index contributed by atoms with van der Waals surface area (Å²) in [6.45, 7) is -0.561. The molecule has 113 valence electrons. The summed E-state index contributed by atoms with van der Waals surface area (Å²) in [7, 11) is 0. The Balaban J connectivity index is 0.000000240. The number of hydrogen-bond donors (Lipinski definition) is 6. The van der Waals surface area contributed by atoms with Gasteiger partial charge in [0.2, 0.25) is 0 Å². The molecule has 5 atom stereocenters. The summed E-state index contributed by atoms with van der Waals surface area (Å²) in [5.41, 5.74) is 0. The van der Waals surface area contributed by atoms with Crippen LogP contribution in [0.2, 0.25) is 0 Å². The van der Waals surface area contributed by atoms with E-state index in [0.717, 1.165) is 4.90 Å². The third-order valence-corrected chi connectivity index (χ3v) is 3.69. The van der Waals surface area contributed by atoms with Crippen molar-refractivity contribution in [3.63, 3.8) is 0 Å². The van der Waals surface area contributed by atoms with Gasteiger partial charge >= 0.3 is 82.0 Å². The van der Waals surface area contributed by atoms with Crippen molar-refractivity contribution in [3.05, 3.63) is 30.3 Å². The molecular formula is C12H17O6SSe. The van der Waals surface area contributed by atoms with E-state index in [9.17, 15) is 20.4 Å². The second-order valence-electron chi connectivity index (χ2n) is 4.23. The molecule has 0 unspecified atom stereocenters. The number of benzene rings is 1. The van der Waals surface area contributed by atoms with Gasteiger partial charge in [-0.15, -0.1) is 12.6 Å². The fourth-order valence-corrected chi connectivity index (χ4v) is 2.28. The number of aliphatic hydroxyl groups is 5. The van der Waals surface area contributed by atoms with Crippen LogP contribution < -0.4 is 0 Å². The molecule has 1 saturated heterocycles. The van der Waals surface area contributed by atoms with Gasteiger partial charge in [0, 0.05) is 4.90 Å². The molecule has 1 aliphatic heterocycles. The predicted octanol–water partition coefficient (Wildman–Crippen LogP) is -1.75. The standard InChI is InChI=1S/C6H11O6Se.C6H6S/c7-1-2-3(8)4(9)5(10)6(11,13)12-2;7-6-4-2-1-3-5-6/h2-5,7-11H,1H2;1-5,7H/t2-,3+,4+,5-,6+;/m1./s1. The summed E-state index contributed by atoms with van der Waals surface area (Å²) < 4.78 is 2.63. The maximum Gasteiger partial charge on any atom is 0.00399 e. The molecule has 1 aliphatic rings. The molecule has 8 heteroatoms. The Morgan fingerprint density at radius 1 is 1.15 bits per heavy atom. The monoisotopic (exact) mass is 369 g/mol. The molecule has 0 aliphatic carbocycles. The minimum Gasteiger partial charge on any atom is -0.143 e. The smallest absolute Gasteiger partial charge is 0.00399 e. The predicted molar refractivity (Wildman–Crippen MR) is 74.4 cm³/mol. The molecule has 0 bridgehead atoms. The second kappa shape index (κ2) is 7.74. The molecule has 5 N–H and O–H groups in total. The average molecular weight is 368 g/mol. The summed E-state index contributed by atoms with van der Waals surface area (Å²) >= 11 is 6.21. The molecule has 6 nitrogen and oxygen atoms in total. The normalized spacial score (nSPS) is 37.0. The number of rotatable bonds is 1. The minimum atomic E-state index is -2.08. The van der Waals surface area contributed by atoms with Crippen LogP contribution in [0.3, 0.4) is 0 Å². The van der Waals surface area contributed by atoms with Crippen LogP contribution in [0.4, 0.5) is 0 Å². The van der Waals surface area contributed by atoms with E-state index < -0.39 is 35.7 Å². The SMILES string of the molecule is OC[C@H]1O[C@](O)([Se])[C@H](O)[C@@H](O)[C@H]1O.Sc1ccccc1. The van der Waals surface area contributed by atoms with Crippen molar-refractivity contribution >= 4 is 28.6 Å². The van der Waals surface area contributed by atoms with E-state index in [2.05, 4.69) is 28.6 Å². The molecule has 1 fully saturated rings. The van der Waals surface area contributed by atoms with Crippen LogP contribution in [0.15, 0.2) is 35.2 Å². The molecule has 1 aromatic carbocycles. The first kappa shape index (κ1) is 17.9. The molecular weight excluding hydrogens is 351 g/mol. The van der Waals surface area contributed by atoms with E-state index in [1.165, 1.54) is 0 Å². The van der Waals surface area contributed by atoms with Crippen molar-refractivity contribution in [2.45, 2.75) is 34.0 Å². The quantitative estimate of drug-likeness (QED) is 0.259. The van der Waals surface area contributed by atoms with Crippen LogP contribution in [0.25, 0.3) is 0 Å². The minimum absolute atomic E-state index is 0.561. The molecule has 1 aromatic rings. The van der Waals surface area contributed by atoms with E-state index >= 15 is 0 Å². The van der Waals surface area contributed by atoms with Gasteiger partial charge < -0.3 is 0 Å². The van der Waals surface area contributed by atoms with Gasteiger partial charge in [-0.3, -0.25) is 0 Å². The van der Waals surface area contributed by atoms with E-state index in [4.69, 9.17) is 9.84 Å². The summed E-state index contributed by atoms with van der Waals surface area (Å²) in [5, 5.41) is 45.6. The summed E-state index contributed by atoms with van der Waals surface area (Å²) in [4.78, 5) is 1.02. The van der Waals surface area contributed by atoms with Gasteiger partial charge in [0.05, 0.1) is 0 Å². The van der Waals surface area contributed by atoms with Gasteiger partial charge in [-0.1, -0.05) is 18.2 Å².